The van der Waals surface area contributed by atoms with Crippen molar-refractivity contribution in [2.24, 2.45) is 0 Å². The maximum atomic E-state index is 12.2. The fourth-order valence-electron chi connectivity index (χ4n) is 1.89. The number of hydrogen-bond donors (Lipinski definition) is 1. The van der Waals surface area contributed by atoms with Crippen LogP contribution in [0.1, 0.15) is 29.4 Å². The van der Waals surface area contributed by atoms with Crippen molar-refractivity contribution in [2.75, 3.05) is 5.32 Å². The van der Waals surface area contributed by atoms with E-state index in [-0.39, 0.29) is 16.3 Å². The quantitative estimate of drug-likeness (QED) is 0.699. The van der Waals surface area contributed by atoms with Gasteiger partial charge in [-0.1, -0.05) is 11.6 Å². The molecule has 1 amide bonds. The maximum absolute atomic E-state index is 12.2. The Balaban J connectivity index is 1.82. The number of carbonyl (C=O) groups excluding carboxylic acids is 1. The average molecular weight is 297 g/mol. The summed E-state index contributed by atoms with van der Waals surface area (Å²) >= 11 is 11.4. The number of anilines is 1. The molecule has 1 saturated carbocycles. The lowest BCUT2D eigenvalue weighted by molar-refractivity contribution is 0.101. The Hall–Kier alpha value is -1.59. The molecule has 5 nitrogen and oxygen atoms in total. The van der Waals surface area contributed by atoms with Gasteiger partial charge in [0.2, 0.25) is 5.28 Å². The molecule has 98 valence electrons. The van der Waals surface area contributed by atoms with Gasteiger partial charge in [-0.2, -0.15) is 0 Å². The molecule has 1 fully saturated rings. The van der Waals surface area contributed by atoms with E-state index in [0.717, 1.165) is 12.8 Å². The van der Waals surface area contributed by atoms with Gasteiger partial charge in [-0.25, -0.2) is 9.97 Å². The number of carbonyl (C=O) groups is 1. The highest BCUT2D eigenvalue weighted by atomic mass is 35.5. The van der Waals surface area contributed by atoms with Crippen LogP contribution < -0.4 is 5.32 Å². The van der Waals surface area contributed by atoms with E-state index in [9.17, 15) is 4.79 Å². The molecule has 1 aliphatic carbocycles. The summed E-state index contributed by atoms with van der Waals surface area (Å²) in [4.78, 5) is 19.8. The molecule has 0 radical (unpaired) electrons. The number of nitrogens with one attached hydrogen (secondary N) is 1. The second kappa shape index (κ2) is 4.83. The van der Waals surface area contributed by atoms with Gasteiger partial charge in [0.1, 0.15) is 16.7 Å². The maximum Gasteiger partial charge on any atom is 0.273 e. The minimum absolute atomic E-state index is 0.000348. The highest BCUT2D eigenvalue weighted by molar-refractivity contribution is 6.32. The highest BCUT2D eigenvalue weighted by Crippen LogP contribution is 2.36. The largest absolute Gasteiger partial charge is 0.340 e. The smallest absolute Gasteiger partial charge is 0.273 e. The second-order valence-corrected chi connectivity index (χ2v) is 5.06. The zero-order chi connectivity index (χ0) is 13.4. The van der Waals surface area contributed by atoms with Gasteiger partial charge in [0.25, 0.3) is 5.91 Å². The van der Waals surface area contributed by atoms with Crippen molar-refractivity contribution in [3.8, 4) is 0 Å². The molecule has 0 atom stereocenters. The Kier molecular flexibility index (Phi) is 3.16. The van der Waals surface area contributed by atoms with E-state index in [1.165, 1.54) is 6.07 Å². The lowest BCUT2D eigenvalue weighted by Crippen LogP contribution is -2.17. The van der Waals surface area contributed by atoms with Crippen LogP contribution in [-0.2, 0) is 0 Å². The van der Waals surface area contributed by atoms with Crippen LogP contribution in [0.2, 0.25) is 10.4 Å². The molecule has 19 heavy (non-hydrogen) atoms. The van der Waals surface area contributed by atoms with Gasteiger partial charge in [0.05, 0.1) is 0 Å². The third-order valence-corrected chi connectivity index (χ3v) is 3.22. The molecule has 1 aliphatic rings. The number of aromatic nitrogens is 3. The summed E-state index contributed by atoms with van der Waals surface area (Å²) in [6.07, 6.45) is 4.13. The number of amides is 1. The monoisotopic (exact) mass is 296 g/mol. The molecule has 0 aliphatic heterocycles. The topological polar surface area (TPSA) is 59.8 Å². The Bertz CT molecular complexity index is 616. The van der Waals surface area contributed by atoms with Gasteiger partial charge >= 0.3 is 0 Å². The molecule has 1 N–H and O–H groups in total. The first-order valence-electron chi connectivity index (χ1n) is 5.82. The van der Waals surface area contributed by atoms with Crippen LogP contribution in [0.5, 0.6) is 0 Å². The molecule has 7 heteroatoms. The highest BCUT2D eigenvalue weighted by Gasteiger charge is 2.26. The van der Waals surface area contributed by atoms with Gasteiger partial charge in [-0.05, 0) is 36.6 Å². The average Bonchev–Trinajstić information content (AvgIpc) is 3.05. The fourth-order valence-corrected chi connectivity index (χ4v) is 2.30. The van der Waals surface area contributed by atoms with Crippen LogP contribution in [-0.4, -0.2) is 20.4 Å². The van der Waals surface area contributed by atoms with Crippen LogP contribution in [0.25, 0.3) is 0 Å². The zero-order valence-electron chi connectivity index (χ0n) is 9.81. The van der Waals surface area contributed by atoms with Crippen LogP contribution in [0, 0.1) is 0 Å². The molecule has 2 aromatic heterocycles. The minimum Gasteiger partial charge on any atom is -0.340 e. The van der Waals surface area contributed by atoms with E-state index in [2.05, 4.69) is 15.3 Å². The van der Waals surface area contributed by atoms with E-state index in [1.807, 2.05) is 16.8 Å². The molecule has 0 bridgehead atoms. The third-order valence-electron chi connectivity index (χ3n) is 2.86. The van der Waals surface area contributed by atoms with E-state index in [0.29, 0.717) is 17.6 Å². The van der Waals surface area contributed by atoms with Crippen LogP contribution in [0.15, 0.2) is 24.4 Å². The summed E-state index contributed by atoms with van der Waals surface area (Å²) in [6, 6.07) is 5.52. The summed E-state index contributed by atoms with van der Waals surface area (Å²) < 4.78 is 1.97. The fraction of sp³-hybridized carbons (Fsp3) is 0.250. The lowest BCUT2D eigenvalue weighted by Gasteiger charge is -2.08. The van der Waals surface area contributed by atoms with E-state index >= 15 is 0 Å². The van der Waals surface area contributed by atoms with Crippen molar-refractivity contribution in [1.82, 2.24) is 14.5 Å². The lowest BCUT2D eigenvalue weighted by atomic mass is 10.4. The van der Waals surface area contributed by atoms with E-state index in [4.69, 9.17) is 23.2 Å². The molecule has 2 heterocycles. The number of nitrogens with zero attached hydrogens (tertiary/aromatic N) is 3. The molecule has 3 rings (SSSR count). The SMILES string of the molecule is O=C(Nc1cc(Cl)nc(Cl)n1)c1cccn1C1CC1. The Morgan fingerprint density at radius 1 is 1.37 bits per heavy atom. The van der Waals surface area contributed by atoms with E-state index < -0.39 is 0 Å². The number of hydrogen-bond acceptors (Lipinski definition) is 3. The van der Waals surface area contributed by atoms with Crippen molar-refractivity contribution in [2.45, 2.75) is 18.9 Å². The van der Waals surface area contributed by atoms with Crippen LogP contribution >= 0.6 is 23.2 Å². The van der Waals surface area contributed by atoms with Gasteiger partial charge in [-0.15, -0.1) is 0 Å². The summed E-state index contributed by atoms with van der Waals surface area (Å²) in [5.41, 5.74) is 0.605. The van der Waals surface area contributed by atoms with Gasteiger partial charge in [0, 0.05) is 18.3 Å². The predicted octanol–water partition coefficient (Wildman–Crippen LogP) is 3.17. The zero-order valence-corrected chi connectivity index (χ0v) is 11.3. The summed E-state index contributed by atoms with van der Waals surface area (Å²) in [5.74, 6) is 0.0567. The standard InChI is InChI=1S/C12H10Cl2N4O/c13-9-6-10(17-12(14)15-9)16-11(19)8-2-1-5-18(8)7-3-4-7/h1-2,5-7H,3-4H2,(H,15,16,17,19). The Labute approximate surface area is 119 Å². The van der Waals surface area contributed by atoms with Crippen molar-refractivity contribution in [3.05, 3.63) is 40.5 Å². The molecular formula is C12H10Cl2N4O. The molecule has 0 aromatic carbocycles. The second-order valence-electron chi connectivity index (χ2n) is 4.33. The number of rotatable bonds is 3. The summed E-state index contributed by atoms with van der Waals surface area (Å²) in [6.45, 7) is 0. The first kappa shape index (κ1) is 12.4. The molecular weight excluding hydrogens is 287 g/mol. The van der Waals surface area contributed by atoms with Crippen LogP contribution in [0.3, 0.4) is 0 Å². The Morgan fingerprint density at radius 3 is 2.84 bits per heavy atom. The first-order valence-corrected chi connectivity index (χ1v) is 6.57. The van der Waals surface area contributed by atoms with Crippen molar-refractivity contribution < 1.29 is 4.79 Å². The molecule has 2 aromatic rings. The normalized spacial score (nSPS) is 14.4. The van der Waals surface area contributed by atoms with E-state index in [1.54, 1.807) is 6.07 Å². The summed E-state index contributed by atoms with van der Waals surface area (Å²) in [7, 11) is 0. The van der Waals surface area contributed by atoms with Crippen molar-refractivity contribution in [1.29, 1.82) is 0 Å². The van der Waals surface area contributed by atoms with Crippen LogP contribution in [0.4, 0.5) is 5.82 Å². The van der Waals surface area contributed by atoms with Crippen molar-refractivity contribution in [3.63, 3.8) is 0 Å². The minimum atomic E-state index is -0.234. The summed E-state index contributed by atoms with van der Waals surface area (Å²) in [5, 5.41) is 2.86. The number of halogens is 2. The molecule has 0 spiro atoms. The first-order chi connectivity index (χ1) is 9.13. The van der Waals surface area contributed by atoms with Crippen molar-refractivity contribution >= 4 is 34.9 Å². The predicted molar refractivity (Wildman–Crippen MR) is 72.7 cm³/mol. The van der Waals surface area contributed by atoms with Gasteiger partial charge < -0.3 is 9.88 Å². The molecule has 0 saturated heterocycles. The molecule has 0 unspecified atom stereocenters. The third kappa shape index (κ3) is 2.72. The van der Waals surface area contributed by atoms with Gasteiger partial charge in [-0.3, -0.25) is 4.79 Å². The Morgan fingerprint density at radius 2 is 2.16 bits per heavy atom. The van der Waals surface area contributed by atoms with Gasteiger partial charge in [0.15, 0.2) is 0 Å².